The SMILES string of the molecule is COCCOC(CN(C)C(=O)OC(C)(C)C)Cn1cnc2cccc(B3OC(C)(C)C(C)(C)O3)c21. The number of carbonyl (C=O) groups is 1. The van der Waals surface area contributed by atoms with Gasteiger partial charge in [-0.3, -0.25) is 0 Å². The van der Waals surface area contributed by atoms with Crippen molar-refractivity contribution in [3.8, 4) is 0 Å². The fourth-order valence-electron chi connectivity index (χ4n) is 3.85. The van der Waals surface area contributed by atoms with Crippen molar-refractivity contribution in [1.82, 2.24) is 14.5 Å². The van der Waals surface area contributed by atoms with Gasteiger partial charge in [0.15, 0.2) is 0 Å². The Morgan fingerprint density at radius 2 is 1.83 bits per heavy atom. The number of carbonyl (C=O) groups excluding carboxylic acids is 1. The van der Waals surface area contributed by atoms with Gasteiger partial charge in [-0.05, 0) is 54.5 Å². The highest BCUT2D eigenvalue weighted by molar-refractivity contribution is 6.64. The molecule has 9 nitrogen and oxygen atoms in total. The molecule has 1 saturated heterocycles. The van der Waals surface area contributed by atoms with E-state index in [1.807, 2.05) is 71.2 Å². The highest BCUT2D eigenvalue weighted by Crippen LogP contribution is 2.37. The Labute approximate surface area is 209 Å². The summed E-state index contributed by atoms with van der Waals surface area (Å²) in [5.41, 5.74) is 1.20. The summed E-state index contributed by atoms with van der Waals surface area (Å²) in [4.78, 5) is 18.7. The van der Waals surface area contributed by atoms with E-state index >= 15 is 0 Å². The van der Waals surface area contributed by atoms with Gasteiger partial charge in [-0.15, -0.1) is 0 Å². The number of methoxy groups -OCH3 is 1. The minimum atomic E-state index is -0.573. The third-order valence-electron chi connectivity index (χ3n) is 6.40. The van der Waals surface area contributed by atoms with E-state index in [1.54, 1.807) is 20.5 Å². The molecule has 0 aliphatic carbocycles. The average molecular weight is 489 g/mol. The van der Waals surface area contributed by atoms with Crippen LogP contribution >= 0.6 is 0 Å². The predicted molar refractivity (Wildman–Crippen MR) is 136 cm³/mol. The maximum atomic E-state index is 12.6. The van der Waals surface area contributed by atoms with Crippen LogP contribution in [0, 0.1) is 0 Å². The van der Waals surface area contributed by atoms with Crippen LogP contribution in [0.15, 0.2) is 24.5 Å². The Morgan fingerprint density at radius 3 is 2.43 bits per heavy atom. The zero-order chi connectivity index (χ0) is 26.0. The number of benzene rings is 1. The van der Waals surface area contributed by atoms with Gasteiger partial charge >= 0.3 is 13.2 Å². The molecule has 10 heteroatoms. The Hall–Kier alpha value is -2.14. The van der Waals surface area contributed by atoms with Crippen LogP contribution < -0.4 is 5.46 Å². The minimum absolute atomic E-state index is 0.313. The third kappa shape index (κ3) is 6.55. The Morgan fingerprint density at radius 1 is 1.17 bits per heavy atom. The molecule has 1 atom stereocenters. The Balaban J connectivity index is 1.86. The lowest BCUT2D eigenvalue weighted by atomic mass is 9.78. The number of nitrogens with zero attached hydrogens (tertiary/aromatic N) is 3. The predicted octanol–water partition coefficient (Wildman–Crippen LogP) is 3.23. The molecule has 0 saturated carbocycles. The number of para-hydroxylation sites is 1. The van der Waals surface area contributed by atoms with Crippen molar-refractivity contribution >= 4 is 29.7 Å². The Kier molecular flexibility index (Phi) is 8.21. The molecule has 1 aromatic heterocycles. The zero-order valence-corrected chi connectivity index (χ0v) is 22.6. The highest BCUT2D eigenvalue weighted by Gasteiger charge is 2.52. The molecule has 0 spiro atoms. The van der Waals surface area contributed by atoms with Gasteiger partial charge in [0.1, 0.15) is 5.60 Å². The van der Waals surface area contributed by atoms with Crippen molar-refractivity contribution in [3.05, 3.63) is 24.5 Å². The van der Waals surface area contributed by atoms with Gasteiger partial charge in [-0.1, -0.05) is 12.1 Å². The van der Waals surface area contributed by atoms with Gasteiger partial charge in [0.25, 0.3) is 0 Å². The number of likely N-dealkylation sites (N-methyl/N-ethyl adjacent to an activating group) is 1. The standard InChI is InChI=1S/C25H40BN3O6/c1-23(2,3)33-22(30)28(8)15-18(32-14-13-31-9)16-29-17-27-20-12-10-11-19(21(20)29)26-34-24(4,5)25(6,7)35-26/h10-12,17-18H,13-16H2,1-9H3. The molecule has 1 aliphatic rings. The number of hydrogen-bond acceptors (Lipinski definition) is 7. The van der Waals surface area contributed by atoms with Crippen LogP contribution in [0.2, 0.25) is 0 Å². The van der Waals surface area contributed by atoms with Crippen LogP contribution in [-0.2, 0) is 30.1 Å². The third-order valence-corrected chi connectivity index (χ3v) is 6.40. The molecular weight excluding hydrogens is 449 g/mol. The number of amides is 1. The molecule has 0 radical (unpaired) electrons. The molecular formula is C25H40BN3O6. The summed E-state index contributed by atoms with van der Waals surface area (Å²) in [6.45, 7) is 15.4. The lowest BCUT2D eigenvalue weighted by Crippen LogP contribution is -2.41. The summed E-state index contributed by atoms with van der Waals surface area (Å²) < 4.78 is 31.5. The second-order valence-corrected chi connectivity index (χ2v) is 11.0. The van der Waals surface area contributed by atoms with Gasteiger partial charge in [0, 0.05) is 19.6 Å². The topological polar surface area (TPSA) is 84.3 Å². The van der Waals surface area contributed by atoms with Crippen molar-refractivity contribution in [2.24, 2.45) is 0 Å². The fourth-order valence-corrected chi connectivity index (χ4v) is 3.85. The van der Waals surface area contributed by atoms with Crippen LogP contribution in [0.3, 0.4) is 0 Å². The van der Waals surface area contributed by atoms with Crippen LogP contribution in [0.25, 0.3) is 11.0 Å². The van der Waals surface area contributed by atoms with E-state index in [-0.39, 0.29) is 6.10 Å². The van der Waals surface area contributed by atoms with Crippen molar-refractivity contribution in [3.63, 3.8) is 0 Å². The molecule has 194 valence electrons. The van der Waals surface area contributed by atoms with Crippen molar-refractivity contribution in [2.45, 2.75) is 77.9 Å². The lowest BCUT2D eigenvalue weighted by molar-refractivity contribution is -0.0153. The number of hydrogen-bond donors (Lipinski definition) is 0. The lowest BCUT2D eigenvalue weighted by Gasteiger charge is -2.32. The van der Waals surface area contributed by atoms with Crippen molar-refractivity contribution in [2.75, 3.05) is 33.9 Å². The van der Waals surface area contributed by atoms with Crippen LogP contribution in [-0.4, -0.2) is 84.5 Å². The average Bonchev–Trinajstić information content (AvgIpc) is 3.23. The van der Waals surface area contributed by atoms with Crippen LogP contribution in [0.5, 0.6) is 0 Å². The molecule has 1 amide bonds. The normalized spacial score (nSPS) is 18.1. The molecule has 0 bridgehead atoms. The van der Waals surface area contributed by atoms with Gasteiger partial charge in [0.05, 0.1) is 61.0 Å². The number of fused-ring (bicyclic) bond motifs is 1. The second kappa shape index (κ2) is 10.5. The monoisotopic (exact) mass is 489 g/mol. The Bertz CT molecular complexity index is 1000. The van der Waals surface area contributed by atoms with Gasteiger partial charge in [-0.2, -0.15) is 0 Å². The smallest absolute Gasteiger partial charge is 0.444 e. The van der Waals surface area contributed by atoms with Gasteiger partial charge in [0.2, 0.25) is 0 Å². The summed E-state index contributed by atoms with van der Waals surface area (Å²) in [5, 5.41) is 0. The summed E-state index contributed by atoms with van der Waals surface area (Å²) in [6.07, 6.45) is 1.08. The maximum Gasteiger partial charge on any atom is 0.497 e. The first kappa shape index (κ1) is 27.5. The van der Waals surface area contributed by atoms with Crippen LogP contribution in [0.1, 0.15) is 48.5 Å². The molecule has 0 N–H and O–H groups in total. The number of aromatic nitrogens is 2. The summed E-state index contributed by atoms with van der Waals surface area (Å²) in [6, 6.07) is 5.94. The first-order valence-electron chi connectivity index (χ1n) is 12.1. The molecule has 3 rings (SSSR count). The van der Waals surface area contributed by atoms with E-state index in [9.17, 15) is 4.79 Å². The number of ether oxygens (including phenoxy) is 3. The summed E-state index contributed by atoms with van der Waals surface area (Å²) in [5.74, 6) is 0. The van der Waals surface area contributed by atoms with Crippen molar-refractivity contribution in [1.29, 1.82) is 0 Å². The zero-order valence-electron chi connectivity index (χ0n) is 22.6. The van der Waals surface area contributed by atoms with Gasteiger partial charge < -0.3 is 33.0 Å². The van der Waals surface area contributed by atoms with Crippen molar-refractivity contribution < 1.29 is 28.3 Å². The molecule has 1 aromatic carbocycles. The molecule has 1 aliphatic heterocycles. The summed E-state index contributed by atoms with van der Waals surface area (Å²) in [7, 11) is 2.82. The summed E-state index contributed by atoms with van der Waals surface area (Å²) >= 11 is 0. The van der Waals surface area contributed by atoms with Crippen LogP contribution in [0.4, 0.5) is 4.79 Å². The molecule has 1 unspecified atom stereocenters. The van der Waals surface area contributed by atoms with Gasteiger partial charge in [-0.25, -0.2) is 9.78 Å². The minimum Gasteiger partial charge on any atom is -0.444 e. The van der Waals surface area contributed by atoms with E-state index in [2.05, 4.69) is 4.98 Å². The second-order valence-electron chi connectivity index (χ2n) is 11.0. The highest BCUT2D eigenvalue weighted by atomic mass is 16.7. The molecule has 35 heavy (non-hydrogen) atoms. The number of imidazole rings is 1. The number of rotatable bonds is 9. The van der Waals surface area contributed by atoms with E-state index in [1.165, 1.54) is 4.90 Å². The first-order chi connectivity index (χ1) is 16.2. The van der Waals surface area contributed by atoms with E-state index in [0.29, 0.717) is 26.3 Å². The molecule has 2 heterocycles. The van der Waals surface area contributed by atoms with E-state index in [4.69, 9.17) is 23.5 Å². The van der Waals surface area contributed by atoms with E-state index < -0.39 is 30.0 Å². The first-order valence-corrected chi connectivity index (χ1v) is 12.1. The quantitative estimate of drug-likeness (QED) is 0.395. The largest absolute Gasteiger partial charge is 0.497 e. The van der Waals surface area contributed by atoms with E-state index in [0.717, 1.165) is 16.5 Å². The fraction of sp³-hybridized carbons (Fsp3) is 0.680. The molecule has 1 fully saturated rings. The maximum absolute atomic E-state index is 12.6. The molecule has 2 aromatic rings.